The Bertz CT molecular complexity index is 2260. The molecule has 1 aromatic carbocycles. The lowest BCUT2D eigenvalue weighted by molar-refractivity contribution is -0.279. The molecule has 4 unspecified atom stereocenters. The number of esters is 6. The predicted molar refractivity (Wildman–Crippen MR) is 289 cm³/mol. The van der Waals surface area contributed by atoms with Crippen molar-refractivity contribution in [3.8, 4) is 0 Å². The van der Waals surface area contributed by atoms with E-state index in [-0.39, 0.29) is 136 Å². The molecular weight excluding hydrogens is 1150 g/mol. The maximum Gasteiger partial charge on any atom is 0.303 e. The fourth-order valence-electron chi connectivity index (χ4n) is 8.23. The van der Waals surface area contributed by atoms with Gasteiger partial charge in [0.15, 0.2) is 37.0 Å². The van der Waals surface area contributed by atoms with Gasteiger partial charge < -0.3 is 97.1 Å². The van der Waals surface area contributed by atoms with Crippen molar-refractivity contribution < 1.29 is 124 Å². The van der Waals surface area contributed by atoms with Gasteiger partial charge in [-0.1, -0.05) is 5.11 Å². The van der Waals surface area contributed by atoms with Crippen LogP contribution in [-0.4, -0.2) is 240 Å². The second-order valence-corrected chi connectivity index (χ2v) is 18.7. The number of hydrogen-bond acceptors (Lipinski definition) is 27. The molecule has 0 bridgehead atoms. The smallest absolute Gasteiger partial charge is 0.303 e. The molecule has 33 heteroatoms. The van der Waals surface area contributed by atoms with E-state index in [0.717, 1.165) is 27.7 Å². The van der Waals surface area contributed by atoms with Crippen LogP contribution in [0.3, 0.4) is 0 Å². The summed E-state index contributed by atoms with van der Waals surface area (Å²) < 4.78 is 88.8. The summed E-state index contributed by atoms with van der Waals surface area (Å²) in [6.45, 7) is 10.4. The molecule has 1 aromatic rings. The second kappa shape index (κ2) is 41.0. The van der Waals surface area contributed by atoms with Crippen molar-refractivity contribution >= 4 is 59.4 Å². The summed E-state index contributed by atoms with van der Waals surface area (Å²) in [5.41, 5.74) is 9.59. The van der Waals surface area contributed by atoms with Gasteiger partial charge in [0.05, 0.1) is 99.0 Å². The van der Waals surface area contributed by atoms with Crippen molar-refractivity contribution in [1.29, 1.82) is 0 Å². The maximum atomic E-state index is 13.1. The number of carbonyl (C=O) groups excluding carboxylic acids is 10. The molecule has 0 aromatic heterocycles. The number of benzene rings is 1. The van der Waals surface area contributed by atoms with Gasteiger partial charge in [-0.25, -0.2) is 0 Å². The Morgan fingerprint density at radius 1 is 0.453 bits per heavy atom. The minimum atomic E-state index is -1.26. The summed E-state index contributed by atoms with van der Waals surface area (Å²) in [5.74, 6) is -6.28. The number of rotatable bonds is 40. The van der Waals surface area contributed by atoms with Crippen LogP contribution in [0.1, 0.15) is 81.7 Å². The highest BCUT2D eigenvalue weighted by Crippen LogP contribution is 2.30. The van der Waals surface area contributed by atoms with Crippen molar-refractivity contribution in [2.45, 2.75) is 123 Å². The molecule has 2 fully saturated rings. The number of azide groups is 1. The van der Waals surface area contributed by atoms with Crippen molar-refractivity contribution in [2.75, 3.05) is 119 Å². The first kappa shape index (κ1) is 73.1. The van der Waals surface area contributed by atoms with Gasteiger partial charge in [0.25, 0.3) is 11.8 Å². The summed E-state index contributed by atoms with van der Waals surface area (Å²) in [6.07, 6.45) is -9.75. The standard InChI is InChI=1S/C53H79N7O26/c1-31(61)58-44-48(83-37(7)67)46(81-35(5)65)42(29-79-33(3)63)85-52(44)77-23-21-75-19-17-73-15-13-71-11-9-55-50(69)40-25-39(28-57-60-54)26-41(27-40)51(70)56-10-12-72-14-16-74-18-20-76-22-24-78-53-45(59-32(2)62)49(84-38(8)68)47(82-36(6)66)43(86-53)30-80-34(4)64/h25-27,42-49,52-53H,9-24,28-30H2,1-8H3,(H,55,69)(H,56,70)(H,58,61)(H,59,62)/t42-,43-,44?,45?,46+,47+,48-,49-,52?,53?/m1/s1. The minimum absolute atomic E-state index is 0.0488. The molecule has 0 aliphatic carbocycles. The summed E-state index contributed by atoms with van der Waals surface area (Å²) >= 11 is 0. The third kappa shape index (κ3) is 29.3. The molecular formula is C53H79N7O26. The zero-order chi connectivity index (χ0) is 63.4. The number of hydrogen-bond donors (Lipinski definition) is 4. The van der Waals surface area contributed by atoms with E-state index in [0.29, 0.717) is 5.56 Å². The van der Waals surface area contributed by atoms with Crippen LogP contribution in [0.25, 0.3) is 10.4 Å². The van der Waals surface area contributed by atoms with Crippen LogP contribution in [0.5, 0.6) is 0 Å². The lowest BCUT2D eigenvalue weighted by atomic mass is 9.96. The highest BCUT2D eigenvalue weighted by atomic mass is 16.7. The summed E-state index contributed by atoms with van der Waals surface area (Å²) in [6, 6.07) is 2.16. The van der Waals surface area contributed by atoms with Gasteiger partial charge in [0.1, 0.15) is 37.5 Å². The van der Waals surface area contributed by atoms with E-state index in [1.54, 1.807) is 0 Å². The second-order valence-electron chi connectivity index (χ2n) is 18.7. The monoisotopic (exact) mass is 1230 g/mol. The molecule has 482 valence electrons. The largest absolute Gasteiger partial charge is 0.463 e. The van der Waals surface area contributed by atoms with Crippen LogP contribution >= 0.6 is 0 Å². The average Bonchev–Trinajstić information content (AvgIpc) is 1.05. The van der Waals surface area contributed by atoms with Gasteiger partial charge in [-0.05, 0) is 29.3 Å². The van der Waals surface area contributed by atoms with E-state index < -0.39 is 121 Å². The number of carbonyl (C=O) groups is 10. The third-order valence-corrected chi connectivity index (χ3v) is 11.5. The zero-order valence-corrected chi connectivity index (χ0v) is 49.4. The first-order chi connectivity index (χ1) is 41.1. The predicted octanol–water partition coefficient (Wildman–Crippen LogP) is -0.598. The molecule has 33 nitrogen and oxygen atoms in total. The van der Waals surface area contributed by atoms with Crippen molar-refractivity contribution in [3.63, 3.8) is 0 Å². The van der Waals surface area contributed by atoms with Crippen LogP contribution in [0.2, 0.25) is 0 Å². The van der Waals surface area contributed by atoms with Crippen LogP contribution in [0.15, 0.2) is 23.3 Å². The normalized spacial score (nSPS) is 21.5. The molecule has 2 heterocycles. The van der Waals surface area contributed by atoms with Crippen molar-refractivity contribution in [1.82, 2.24) is 21.3 Å². The molecule has 4 N–H and O–H groups in total. The molecule has 0 spiro atoms. The van der Waals surface area contributed by atoms with Crippen molar-refractivity contribution in [3.05, 3.63) is 45.3 Å². The first-order valence-corrected chi connectivity index (χ1v) is 27.3. The topological polar surface area (TPSA) is 415 Å². The number of nitrogens with one attached hydrogen (secondary N) is 4. The van der Waals surface area contributed by atoms with Gasteiger partial charge >= 0.3 is 35.8 Å². The minimum Gasteiger partial charge on any atom is -0.463 e. The first-order valence-electron chi connectivity index (χ1n) is 27.3. The highest BCUT2D eigenvalue weighted by molar-refractivity contribution is 6.00. The van der Waals surface area contributed by atoms with E-state index in [2.05, 4.69) is 31.3 Å². The Morgan fingerprint density at radius 3 is 1.09 bits per heavy atom. The third-order valence-electron chi connectivity index (χ3n) is 11.5. The Balaban J connectivity index is 1.32. The van der Waals surface area contributed by atoms with Crippen LogP contribution in [0, 0.1) is 0 Å². The highest BCUT2D eigenvalue weighted by Gasteiger charge is 2.53. The number of ether oxygens (including phenoxy) is 16. The van der Waals surface area contributed by atoms with Gasteiger partial charge in [-0.15, -0.1) is 0 Å². The fraction of sp³-hybridized carbons (Fsp3) is 0.698. The molecule has 86 heavy (non-hydrogen) atoms. The molecule has 10 atom stereocenters. The molecule has 0 saturated carbocycles. The number of nitrogens with zero attached hydrogens (tertiary/aromatic N) is 3. The van der Waals surface area contributed by atoms with Gasteiger partial charge in [-0.2, -0.15) is 0 Å². The van der Waals surface area contributed by atoms with Crippen LogP contribution < -0.4 is 21.3 Å². The summed E-state index contributed by atoms with van der Waals surface area (Å²) in [5, 5.41) is 14.2. The average molecular weight is 1230 g/mol. The number of amides is 4. The van der Waals surface area contributed by atoms with E-state index >= 15 is 0 Å². The molecule has 2 saturated heterocycles. The van der Waals surface area contributed by atoms with Gasteiger partial charge in [0.2, 0.25) is 11.8 Å². The van der Waals surface area contributed by atoms with Crippen molar-refractivity contribution in [2.24, 2.45) is 5.11 Å². The van der Waals surface area contributed by atoms with E-state index in [4.69, 9.17) is 81.3 Å². The Labute approximate surface area is 495 Å². The molecule has 0 radical (unpaired) electrons. The van der Waals surface area contributed by atoms with Crippen LogP contribution in [-0.2, 0) is 121 Å². The lowest BCUT2D eigenvalue weighted by Crippen LogP contribution is -2.66. The summed E-state index contributed by atoms with van der Waals surface area (Å²) in [4.78, 5) is 124. The maximum absolute atomic E-state index is 13.1. The summed E-state index contributed by atoms with van der Waals surface area (Å²) in [7, 11) is 0. The Morgan fingerprint density at radius 2 is 0.779 bits per heavy atom. The van der Waals surface area contributed by atoms with E-state index in [9.17, 15) is 47.9 Å². The van der Waals surface area contributed by atoms with E-state index in [1.165, 1.54) is 45.9 Å². The SMILES string of the molecule is CC(=O)NC1C(OCCOCCOCCOCCNC(=O)c2cc(CN=[N+]=[N-])cc(C(=O)NCCOCCOCCOCCOC3O[C@H](COC(C)=O)[C@H](OC(C)=O)[C@H](OC(C)=O)C3NC(C)=O)c2)O[C@H](COC(C)=O)[C@H](OC(C)=O)[C@@H]1OC(C)=O. The Hall–Kier alpha value is -7.17. The molecule has 2 aliphatic rings. The van der Waals surface area contributed by atoms with Gasteiger partial charge in [0, 0.05) is 84.5 Å². The molecule has 2 aliphatic heterocycles. The zero-order valence-electron chi connectivity index (χ0n) is 49.4. The quantitative estimate of drug-likeness (QED) is 0.0159. The van der Waals surface area contributed by atoms with Gasteiger partial charge in [-0.3, -0.25) is 47.9 Å². The Kier molecular flexibility index (Phi) is 34.9. The lowest BCUT2D eigenvalue weighted by Gasteiger charge is -2.44. The molecule has 3 rings (SSSR count). The van der Waals surface area contributed by atoms with Crippen LogP contribution in [0.4, 0.5) is 0 Å². The van der Waals surface area contributed by atoms with E-state index in [1.807, 2.05) is 0 Å². The fourth-order valence-corrected chi connectivity index (χ4v) is 8.23. The molecule has 4 amide bonds.